The SMILES string of the molecule is OC(CN1CCN(c2ccccc2)CC1)C1CCCC1. The van der Waals surface area contributed by atoms with Crippen molar-refractivity contribution < 1.29 is 5.11 Å². The Hall–Kier alpha value is -1.06. The largest absolute Gasteiger partial charge is 0.392 e. The van der Waals surface area contributed by atoms with Crippen LogP contribution in [0.4, 0.5) is 5.69 Å². The van der Waals surface area contributed by atoms with Crippen molar-refractivity contribution in [2.45, 2.75) is 31.8 Å². The fourth-order valence-electron chi connectivity index (χ4n) is 3.58. The van der Waals surface area contributed by atoms with Crippen LogP contribution in [0.3, 0.4) is 0 Å². The van der Waals surface area contributed by atoms with Gasteiger partial charge in [-0.2, -0.15) is 0 Å². The van der Waals surface area contributed by atoms with E-state index in [0.717, 1.165) is 32.7 Å². The zero-order valence-electron chi connectivity index (χ0n) is 12.2. The van der Waals surface area contributed by atoms with Gasteiger partial charge in [-0.25, -0.2) is 0 Å². The van der Waals surface area contributed by atoms with Gasteiger partial charge in [-0.05, 0) is 30.9 Å². The average molecular weight is 274 g/mol. The monoisotopic (exact) mass is 274 g/mol. The summed E-state index contributed by atoms with van der Waals surface area (Å²) in [4.78, 5) is 4.88. The van der Waals surface area contributed by atoms with Gasteiger partial charge in [0, 0.05) is 38.4 Å². The Morgan fingerprint density at radius 2 is 1.65 bits per heavy atom. The predicted octanol–water partition coefficient (Wildman–Crippen LogP) is 2.36. The van der Waals surface area contributed by atoms with Crippen LogP contribution >= 0.6 is 0 Å². The molecule has 1 atom stereocenters. The highest BCUT2D eigenvalue weighted by atomic mass is 16.3. The van der Waals surface area contributed by atoms with Crippen LogP contribution in [0.15, 0.2) is 30.3 Å². The quantitative estimate of drug-likeness (QED) is 0.913. The van der Waals surface area contributed by atoms with Crippen molar-refractivity contribution in [3.05, 3.63) is 30.3 Å². The molecule has 3 nitrogen and oxygen atoms in total. The first-order valence-corrected chi connectivity index (χ1v) is 8.03. The molecular weight excluding hydrogens is 248 g/mol. The van der Waals surface area contributed by atoms with Gasteiger partial charge in [0.05, 0.1) is 6.10 Å². The highest BCUT2D eigenvalue weighted by Gasteiger charge is 2.26. The van der Waals surface area contributed by atoms with Crippen LogP contribution in [0.1, 0.15) is 25.7 Å². The molecule has 1 heterocycles. The highest BCUT2D eigenvalue weighted by Crippen LogP contribution is 2.28. The first-order chi connectivity index (χ1) is 9.83. The topological polar surface area (TPSA) is 26.7 Å². The zero-order chi connectivity index (χ0) is 13.8. The Morgan fingerprint density at radius 3 is 2.30 bits per heavy atom. The van der Waals surface area contributed by atoms with Crippen molar-refractivity contribution in [1.29, 1.82) is 0 Å². The molecule has 0 bridgehead atoms. The fraction of sp³-hybridized carbons (Fsp3) is 0.647. The van der Waals surface area contributed by atoms with Gasteiger partial charge < -0.3 is 10.0 Å². The van der Waals surface area contributed by atoms with Crippen molar-refractivity contribution >= 4 is 5.69 Å². The van der Waals surface area contributed by atoms with E-state index in [1.807, 2.05) is 0 Å². The fourth-order valence-corrected chi connectivity index (χ4v) is 3.58. The summed E-state index contributed by atoms with van der Waals surface area (Å²) in [7, 11) is 0. The lowest BCUT2D eigenvalue weighted by Crippen LogP contribution is -2.49. The molecule has 0 spiro atoms. The second-order valence-electron chi connectivity index (χ2n) is 6.24. The Bertz CT molecular complexity index is 395. The number of β-amino-alcohol motifs (C(OH)–C–C–N with tert-alkyl or cyclic N) is 1. The van der Waals surface area contributed by atoms with Crippen molar-refractivity contribution in [1.82, 2.24) is 4.90 Å². The highest BCUT2D eigenvalue weighted by molar-refractivity contribution is 5.46. The van der Waals surface area contributed by atoms with E-state index < -0.39 is 0 Å². The number of aliphatic hydroxyl groups excluding tert-OH is 1. The molecule has 3 rings (SSSR count). The Kier molecular flexibility index (Phi) is 4.58. The summed E-state index contributed by atoms with van der Waals surface area (Å²) in [5, 5.41) is 10.3. The van der Waals surface area contributed by atoms with E-state index in [-0.39, 0.29) is 6.10 Å². The number of para-hydroxylation sites is 1. The molecule has 1 aromatic rings. The van der Waals surface area contributed by atoms with Gasteiger partial charge in [-0.15, -0.1) is 0 Å². The summed E-state index contributed by atoms with van der Waals surface area (Å²) in [5.74, 6) is 0.558. The zero-order valence-corrected chi connectivity index (χ0v) is 12.2. The maximum absolute atomic E-state index is 10.3. The van der Waals surface area contributed by atoms with Crippen LogP contribution < -0.4 is 4.90 Å². The molecule has 1 aromatic carbocycles. The lowest BCUT2D eigenvalue weighted by molar-refractivity contribution is 0.0636. The minimum Gasteiger partial charge on any atom is -0.392 e. The molecule has 110 valence electrons. The van der Waals surface area contributed by atoms with E-state index in [4.69, 9.17) is 0 Å². The maximum Gasteiger partial charge on any atom is 0.0695 e. The van der Waals surface area contributed by atoms with Crippen LogP contribution in [0.2, 0.25) is 0 Å². The molecule has 20 heavy (non-hydrogen) atoms. The minimum atomic E-state index is -0.110. The summed E-state index contributed by atoms with van der Waals surface area (Å²) in [6, 6.07) is 10.6. The number of rotatable bonds is 4. The number of piperazine rings is 1. The van der Waals surface area contributed by atoms with Gasteiger partial charge in [-0.1, -0.05) is 31.0 Å². The molecule has 0 amide bonds. The summed E-state index contributed by atoms with van der Waals surface area (Å²) in [5.41, 5.74) is 1.32. The normalized spacial score (nSPS) is 23.1. The third-order valence-corrected chi connectivity index (χ3v) is 4.88. The Morgan fingerprint density at radius 1 is 1.00 bits per heavy atom. The van der Waals surface area contributed by atoms with Crippen LogP contribution in [0.25, 0.3) is 0 Å². The first-order valence-electron chi connectivity index (χ1n) is 8.03. The van der Waals surface area contributed by atoms with Gasteiger partial charge >= 0.3 is 0 Å². The van der Waals surface area contributed by atoms with Crippen LogP contribution in [-0.4, -0.2) is 48.8 Å². The molecular formula is C17H26N2O. The maximum atomic E-state index is 10.3. The molecule has 0 radical (unpaired) electrons. The molecule has 1 unspecified atom stereocenters. The molecule has 1 saturated carbocycles. The summed E-state index contributed by atoms with van der Waals surface area (Å²) < 4.78 is 0. The van der Waals surface area contributed by atoms with Crippen LogP contribution in [-0.2, 0) is 0 Å². The van der Waals surface area contributed by atoms with Gasteiger partial charge in [0.15, 0.2) is 0 Å². The average Bonchev–Trinajstić information content (AvgIpc) is 3.03. The van der Waals surface area contributed by atoms with Crippen molar-refractivity contribution in [2.75, 3.05) is 37.6 Å². The number of benzene rings is 1. The minimum absolute atomic E-state index is 0.110. The number of hydrogen-bond donors (Lipinski definition) is 1. The molecule has 1 aliphatic carbocycles. The number of hydrogen-bond acceptors (Lipinski definition) is 3. The Balaban J connectivity index is 1.46. The molecule has 1 saturated heterocycles. The van der Waals surface area contributed by atoms with Gasteiger partial charge in [-0.3, -0.25) is 4.90 Å². The van der Waals surface area contributed by atoms with Gasteiger partial charge in [0.1, 0.15) is 0 Å². The third kappa shape index (κ3) is 3.33. The lowest BCUT2D eigenvalue weighted by Gasteiger charge is -2.37. The first kappa shape index (κ1) is 13.9. The smallest absolute Gasteiger partial charge is 0.0695 e. The van der Waals surface area contributed by atoms with Crippen molar-refractivity contribution in [2.24, 2.45) is 5.92 Å². The van der Waals surface area contributed by atoms with Crippen molar-refractivity contribution in [3.63, 3.8) is 0 Å². The number of nitrogens with zero attached hydrogens (tertiary/aromatic N) is 2. The van der Waals surface area contributed by atoms with E-state index >= 15 is 0 Å². The Labute approximate surface area is 122 Å². The molecule has 2 fully saturated rings. The lowest BCUT2D eigenvalue weighted by atomic mass is 10.0. The molecule has 1 N–H and O–H groups in total. The standard InChI is InChI=1S/C17H26N2O/c20-17(15-6-4-5-7-15)14-18-10-12-19(13-11-18)16-8-2-1-3-9-16/h1-3,8-9,15,17,20H,4-7,10-14H2. The van der Waals surface area contributed by atoms with E-state index in [1.54, 1.807) is 0 Å². The van der Waals surface area contributed by atoms with Crippen LogP contribution in [0.5, 0.6) is 0 Å². The molecule has 3 heteroatoms. The predicted molar refractivity (Wildman–Crippen MR) is 83.1 cm³/mol. The summed E-state index contributed by atoms with van der Waals surface area (Å²) in [6.45, 7) is 5.15. The van der Waals surface area contributed by atoms with Gasteiger partial charge in [0.2, 0.25) is 0 Å². The summed E-state index contributed by atoms with van der Waals surface area (Å²) in [6.07, 6.45) is 4.96. The van der Waals surface area contributed by atoms with Crippen molar-refractivity contribution in [3.8, 4) is 0 Å². The number of anilines is 1. The second-order valence-corrected chi connectivity index (χ2v) is 6.24. The van der Waals surface area contributed by atoms with E-state index in [9.17, 15) is 5.11 Å². The third-order valence-electron chi connectivity index (χ3n) is 4.88. The molecule has 1 aliphatic heterocycles. The van der Waals surface area contributed by atoms with Crippen LogP contribution in [0, 0.1) is 5.92 Å². The summed E-state index contributed by atoms with van der Waals surface area (Å²) >= 11 is 0. The number of aliphatic hydroxyl groups is 1. The van der Waals surface area contributed by atoms with E-state index in [1.165, 1.54) is 31.4 Å². The molecule has 2 aliphatic rings. The second kappa shape index (κ2) is 6.59. The van der Waals surface area contributed by atoms with Gasteiger partial charge in [0.25, 0.3) is 0 Å². The molecule has 0 aromatic heterocycles. The van der Waals surface area contributed by atoms with E-state index in [2.05, 4.69) is 40.1 Å². The van der Waals surface area contributed by atoms with E-state index in [0.29, 0.717) is 5.92 Å².